The maximum atomic E-state index is 14.0. The summed E-state index contributed by atoms with van der Waals surface area (Å²) in [6.07, 6.45) is 2.64. The average Bonchev–Trinajstić information content (AvgIpc) is 3.01. The maximum absolute atomic E-state index is 14.0. The molecule has 2 amide bonds. The van der Waals surface area contributed by atoms with Gasteiger partial charge in [0.2, 0.25) is 11.8 Å². The van der Waals surface area contributed by atoms with Gasteiger partial charge in [0, 0.05) is 18.0 Å². The average molecular weight is 614 g/mol. The third-order valence-corrected chi connectivity index (χ3v) is 9.10. The topological polar surface area (TPSA) is 105 Å². The Balaban J connectivity index is 2.03. The molecule has 1 N–H and O–H groups in total. The Bertz CT molecular complexity index is 1430. The van der Waals surface area contributed by atoms with Gasteiger partial charge in [-0.1, -0.05) is 19.1 Å². The highest BCUT2D eigenvalue weighted by Crippen LogP contribution is 2.28. The monoisotopic (exact) mass is 613 g/mol. The predicted octanol–water partition coefficient (Wildman–Crippen LogP) is 4.95. The largest absolute Gasteiger partial charge is 0.497 e. The summed E-state index contributed by atoms with van der Waals surface area (Å²) in [7, 11) is -2.61. The molecule has 11 heteroatoms. The second kappa shape index (κ2) is 15.5. The van der Waals surface area contributed by atoms with E-state index in [2.05, 4.69) is 5.32 Å². The Morgan fingerprint density at radius 2 is 1.67 bits per heavy atom. The van der Waals surface area contributed by atoms with E-state index in [4.69, 9.17) is 9.47 Å². The van der Waals surface area contributed by atoms with Crippen LogP contribution in [0.25, 0.3) is 0 Å². The van der Waals surface area contributed by atoms with Crippen molar-refractivity contribution in [3.8, 4) is 11.5 Å². The lowest BCUT2D eigenvalue weighted by atomic mass is 10.1. The molecule has 0 heterocycles. The second-order valence-corrected chi connectivity index (χ2v) is 12.2. The number of thioether (sulfide) groups is 1. The maximum Gasteiger partial charge on any atom is 0.264 e. The molecule has 9 nitrogen and oxygen atoms in total. The summed E-state index contributed by atoms with van der Waals surface area (Å²) in [6.45, 7) is 5.92. The number of sulfonamides is 1. The number of methoxy groups -OCH3 is 1. The molecule has 0 spiro atoms. The van der Waals surface area contributed by atoms with Crippen LogP contribution in [-0.4, -0.2) is 64.2 Å². The molecule has 1 atom stereocenters. The Hall–Kier alpha value is -3.70. The third kappa shape index (κ3) is 8.42. The molecule has 3 aromatic rings. The van der Waals surface area contributed by atoms with Gasteiger partial charge in [0.25, 0.3) is 10.0 Å². The summed E-state index contributed by atoms with van der Waals surface area (Å²) in [6, 6.07) is 19.4. The molecular formula is C31H39N3O6S2. The van der Waals surface area contributed by atoms with E-state index in [1.807, 2.05) is 26.2 Å². The van der Waals surface area contributed by atoms with Crippen LogP contribution >= 0.6 is 11.8 Å². The van der Waals surface area contributed by atoms with Crippen LogP contribution in [0.15, 0.2) is 82.6 Å². The minimum absolute atomic E-state index is 0.0510. The molecule has 0 fully saturated rings. The molecule has 0 radical (unpaired) electrons. The van der Waals surface area contributed by atoms with Gasteiger partial charge in [-0.15, -0.1) is 11.8 Å². The van der Waals surface area contributed by atoms with Crippen molar-refractivity contribution in [2.45, 2.75) is 49.6 Å². The van der Waals surface area contributed by atoms with E-state index in [0.717, 1.165) is 21.2 Å². The van der Waals surface area contributed by atoms with Crippen LogP contribution in [0.4, 0.5) is 5.69 Å². The van der Waals surface area contributed by atoms with Crippen molar-refractivity contribution >= 4 is 39.3 Å². The number of amides is 2. The molecule has 0 aliphatic heterocycles. The number of hydrogen-bond donors (Lipinski definition) is 1. The van der Waals surface area contributed by atoms with E-state index in [1.54, 1.807) is 68.6 Å². The predicted molar refractivity (Wildman–Crippen MR) is 167 cm³/mol. The second-order valence-electron chi connectivity index (χ2n) is 9.45. The van der Waals surface area contributed by atoms with Crippen LogP contribution in [0, 0.1) is 0 Å². The summed E-state index contributed by atoms with van der Waals surface area (Å²) in [5.74, 6) is 0.330. The van der Waals surface area contributed by atoms with E-state index < -0.39 is 28.5 Å². The van der Waals surface area contributed by atoms with E-state index in [0.29, 0.717) is 30.3 Å². The van der Waals surface area contributed by atoms with Gasteiger partial charge in [0.1, 0.15) is 24.1 Å². The first-order valence-corrected chi connectivity index (χ1v) is 16.4. The van der Waals surface area contributed by atoms with Gasteiger partial charge in [-0.3, -0.25) is 13.9 Å². The first-order chi connectivity index (χ1) is 20.1. The molecule has 0 bridgehead atoms. The number of anilines is 1. The lowest BCUT2D eigenvalue weighted by molar-refractivity contribution is -0.139. The smallest absolute Gasteiger partial charge is 0.264 e. The zero-order valence-electron chi connectivity index (χ0n) is 24.7. The zero-order chi connectivity index (χ0) is 30.7. The lowest BCUT2D eigenvalue weighted by Crippen LogP contribution is -2.51. The quantitative estimate of drug-likeness (QED) is 0.242. The van der Waals surface area contributed by atoms with Crippen molar-refractivity contribution in [3.63, 3.8) is 0 Å². The molecular weight excluding hydrogens is 574 g/mol. The normalized spacial score (nSPS) is 11.8. The zero-order valence-corrected chi connectivity index (χ0v) is 26.3. The van der Waals surface area contributed by atoms with E-state index in [1.165, 1.54) is 28.8 Å². The Morgan fingerprint density at radius 3 is 2.26 bits per heavy atom. The summed E-state index contributed by atoms with van der Waals surface area (Å²) < 4.78 is 40.0. The Labute approximate surface area is 253 Å². The van der Waals surface area contributed by atoms with Gasteiger partial charge in [0.05, 0.1) is 24.3 Å². The first kappa shape index (κ1) is 32.8. The highest BCUT2D eigenvalue weighted by atomic mass is 32.2. The summed E-state index contributed by atoms with van der Waals surface area (Å²) in [5, 5.41) is 2.84. The SMILES string of the molecule is CCCNC(=O)[C@H](C)N(Cc1cccc(OC)c1)C(=O)CN(c1ccc(OCC)cc1)S(=O)(=O)c1ccc(SC)cc1. The Kier molecular flexibility index (Phi) is 12.1. The van der Waals surface area contributed by atoms with Crippen LogP contribution in [0.2, 0.25) is 0 Å². The van der Waals surface area contributed by atoms with Gasteiger partial charge >= 0.3 is 0 Å². The van der Waals surface area contributed by atoms with E-state index >= 15 is 0 Å². The van der Waals surface area contributed by atoms with Crippen molar-refractivity contribution < 1.29 is 27.5 Å². The highest BCUT2D eigenvalue weighted by Gasteiger charge is 2.32. The third-order valence-electron chi connectivity index (χ3n) is 6.57. The van der Waals surface area contributed by atoms with E-state index in [9.17, 15) is 18.0 Å². The number of carbonyl (C=O) groups excluding carboxylic acids is 2. The summed E-state index contributed by atoms with van der Waals surface area (Å²) >= 11 is 1.50. The molecule has 0 unspecified atom stereocenters. The number of ether oxygens (including phenoxy) is 2. The van der Waals surface area contributed by atoms with E-state index in [-0.39, 0.29) is 17.3 Å². The summed E-state index contributed by atoms with van der Waals surface area (Å²) in [4.78, 5) is 29.4. The van der Waals surface area contributed by atoms with Gasteiger partial charge in [-0.2, -0.15) is 0 Å². The fourth-order valence-corrected chi connectivity index (χ4v) is 6.05. The molecule has 3 rings (SSSR count). The molecule has 42 heavy (non-hydrogen) atoms. The Morgan fingerprint density at radius 1 is 0.976 bits per heavy atom. The minimum Gasteiger partial charge on any atom is -0.497 e. The highest BCUT2D eigenvalue weighted by molar-refractivity contribution is 7.98. The van der Waals surface area contributed by atoms with Crippen molar-refractivity contribution in [2.75, 3.05) is 37.4 Å². The summed E-state index contributed by atoms with van der Waals surface area (Å²) in [5.41, 5.74) is 1.03. The molecule has 0 saturated heterocycles. The van der Waals surface area contributed by atoms with Crippen molar-refractivity contribution in [3.05, 3.63) is 78.4 Å². The molecule has 226 valence electrons. The minimum atomic E-state index is -4.16. The van der Waals surface area contributed by atoms with Crippen LogP contribution in [0.3, 0.4) is 0 Å². The lowest BCUT2D eigenvalue weighted by Gasteiger charge is -2.32. The van der Waals surface area contributed by atoms with Crippen LogP contribution in [-0.2, 0) is 26.2 Å². The number of hydrogen-bond acceptors (Lipinski definition) is 7. The van der Waals surface area contributed by atoms with Crippen molar-refractivity contribution in [1.29, 1.82) is 0 Å². The fourth-order valence-electron chi connectivity index (χ4n) is 4.22. The van der Waals surface area contributed by atoms with Crippen molar-refractivity contribution in [1.82, 2.24) is 10.2 Å². The van der Waals surface area contributed by atoms with Crippen LogP contribution in [0.1, 0.15) is 32.8 Å². The van der Waals surface area contributed by atoms with Crippen LogP contribution < -0.4 is 19.1 Å². The van der Waals surface area contributed by atoms with Gasteiger partial charge in [-0.25, -0.2) is 8.42 Å². The number of rotatable bonds is 15. The van der Waals surface area contributed by atoms with Gasteiger partial charge in [-0.05, 0) is 92.8 Å². The molecule has 0 aliphatic carbocycles. The molecule has 3 aromatic carbocycles. The first-order valence-electron chi connectivity index (χ1n) is 13.7. The van der Waals surface area contributed by atoms with Crippen molar-refractivity contribution in [2.24, 2.45) is 0 Å². The van der Waals surface area contributed by atoms with Crippen LogP contribution in [0.5, 0.6) is 11.5 Å². The van der Waals surface area contributed by atoms with Gasteiger partial charge in [0.15, 0.2) is 0 Å². The molecule has 0 aromatic heterocycles. The van der Waals surface area contributed by atoms with Gasteiger partial charge < -0.3 is 19.7 Å². The fraction of sp³-hybridized carbons (Fsp3) is 0.355. The number of nitrogens with one attached hydrogen (secondary N) is 1. The molecule has 0 saturated carbocycles. The standard InChI is InChI=1S/C31H39N3O6S2/c1-6-19-32-31(36)23(3)33(21-24-9-8-10-27(20-24)39-4)30(35)22-34(25-11-13-26(14-12-25)40-7-2)42(37,38)29-17-15-28(41-5)16-18-29/h8-18,20,23H,6-7,19,21-22H2,1-5H3,(H,32,36)/t23-/m0/s1. The molecule has 0 aliphatic rings. The number of carbonyl (C=O) groups is 2. The number of benzene rings is 3. The number of nitrogens with zero attached hydrogens (tertiary/aromatic N) is 2.